The molecule has 1 heterocycles. The molecule has 1 aliphatic rings. The predicted octanol–water partition coefficient (Wildman–Crippen LogP) is 3.01. The van der Waals surface area contributed by atoms with Gasteiger partial charge in [0.2, 0.25) is 0 Å². The number of benzene rings is 1. The molecule has 1 amide bonds. The predicted molar refractivity (Wildman–Crippen MR) is 83.6 cm³/mol. The van der Waals surface area contributed by atoms with Gasteiger partial charge in [0.05, 0.1) is 4.91 Å². The molecular formula is C13H10ClNO3S2. The molecule has 0 saturated carbocycles. The fourth-order valence-electron chi connectivity index (χ4n) is 1.66. The number of nitrogens with zero attached hydrogens (tertiary/aromatic N) is 1. The second-order valence-electron chi connectivity index (χ2n) is 4.09. The number of halogens is 1. The maximum Gasteiger partial charge on any atom is 0.326 e. The summed E-state index contributed by atoms with van der Waals surface area (Å²) in [5.41, 5.74) is 0.692. The smallest absolute Gasteiger partial charge is 0.326 e. The Balaban J connectivity index is 2.33. The van der Waals surface area contributed by atoms with E-state index < -0.39 is 17.9 Å². The minimum atomic E-state index is -1.10. The molecule has 1 saturated heterocycles. The average Bonchev–Trinajstić information content (AvgIpc) is 2.66. The molecule has 104 valence electrons. The van der Waals surface area contributed by atoms with Crippen LogP contribution in [0.15, 0.2) is 29.2 Å². The maximum atomic E-state index is 12.2. The summed E-state index contributed by atoms with van der Waals surface area (Å²) in [4.78, 5) is 24.7. The highest BCUT2D eigenvalue weighted by atomic mass is 35.5. The monoisotopic (exact) mass is 327 g/mol. The lowest BCUT2D eigenvalue weighted by molar-refractivity contribution is -0.144. The standard InChI is InChI=1S/C13H10ClNO3S2/c1-7(12(17)18)15-11(16)10(20-13(15)19)6-8-4-2-3-5-9(8)14/h2-7H,1H3,(H,17,18)/b10-6-/t7-/m0/s1. The minimum Gasteiger partial charge on any atom is -0.480 e. The highest BCUT2D eigenvalue weighted by molar-refractivity contribution is 8.26. The Morgan fingerprint density at radius 1 is 1.50 bits per heavy atom. The Hall–Kier alpha value is -1.37. The van der Waals surface area contributed by atoms with Gasteiger partial charge in [0.1, 0.15) is 10.4 Å². The first-order valence-electron chi connectivity index (χ1n) is 5.66. The number of thioether (sulfide) groups is 1. The number of carbonyl (C=O) groups is 2. The third kappa shape index (κ3) is 2.87. The molecule has 2 rings (SSSR count). The van der Waals surface area contributed by atoms with E-state index in [0.717, 1.165) is 16.7 Å². The third-order valence-corrected chi connectivity index (χ3v) is 4.43. The van der Waals surface area contributed by atoms with Crippen LogP contribution in [0.1, 0.15) is 12.5 Å². The number of amides is 1. The highest BCUT2D eigenvalue weighted by Gasteiger charge is 2.38. The lowest BCUT2D eigenvalue weighted by Gasteiger charge is -2.18. The molecule has 1 aromatic carbocycles. The van der Waals surface area contributed by atoms with Crippen LogP contribution in [0.4, 0.5) is 0 Å². The van der Waals surface area contributed by atoms with Crippen molar-refractivity contribution in [1.82, 2.24) is 4.90 Å². The van der Waals surface area contributed by atoms with Crippen molar-refractivity contribution in [2.75, 3.05) is 0 Å². The first-order valence-corrected chi connectivity index (χ1v) is 7.26. The molecule has 0 spiro atoms. The van der Waals surface area contributed by atoms with Crippen LogP contribution in [0.3, 0.4) is 0 Å². The van der Waals surface area contributed by atoms with Gasteiger partial charge in [-0.25, -0.2) is 4.79 Å². The molecule has 4 nitrogen and oxygen atoms in total. The van der Waals surface area contributed by atoms with Crippen LogP contribution in [-0.2, 0) is 9.59 Å². The summed E-state index contributed by atoms with van der Waals surface area (Å²) in [5, 5.41) is 9.51. The molecule has 0 radical (unpaired) electrons. The fourth-order valence-corrected chi connectivity index (χ4v) is 3.26. The normalized spacial score (nSPS) is 18.7. The Kier molecular flexibility index (Phi) is 4.47. The van der Waals surface area contributed by atoms with E-state index in [1.165, 1.54) is 6.92 Å². The zero-order valence-electron chi connectivity index (χ0n) is 10.4. The summed E-state index contributed by atoms with van der Waals surface area (Å²) < 4.78 is 0.239. The van der Waals surface area contributed by atoms with Gasteiger partial charge in [0, 0.05) is 5.02 Å². The van der Waals surface area contributed by atoms with Gasteiger partial charge in [0.15, 0.2) is 0 Å². The quantitative estimate of drug-likeness (QED) is 0.683. The first kappa shape index (κ1) is 15.0. The lowest BCUT2D eigenvalue weighted by atomic mass is 10.2. The van der Waals surface area contributed by atoms with Crippen LogP contribution in [0.5, 0.6) is 0 Å². The Morgan fingerprint density at radius 3 is 2.75 bits per heavy atom. The number of hydrogen-bond donors (Lipinski definition) is 1. The number of rotatable bonds is 3. The van der Waals surface area contributed by atoms with Crippen LogP contribution in [0, 0.1) is 0 Å². The number of carboxylic acid groups (broad SMARTS) is 1. The topological polar surface area (TPSA) is 57.6 Å². The van der Waals surface area contributed by atoms with Gasteiger partial charge in [-0.2, -0.15) is 0 Å². The highest BCUT2D eigenvalue weighted by Crippen LogP contribution is 2.34. The molecule has 1 N–H and O–H groups in total. The lowest BCUT2D eigenvalue weighted by Crippen LogP contribution is -2.41. The van der Waals surface area contributed by atoms with Gasteiger partial charge in [-0.1, -0.05) is 53.8 Å². The van der Waals surface area contributed by atoms with Crippen LogP contribution in [0.25, 0.3) is 6.08 Å². The molecule has 1 fully saturated rings. The van der Waals surface area contributed by atoms with Gasteiger partial charge in [-0.05, 0) is 24.6 Å². The minimum absolute atomic E-state index is 0.239. The largest absolute Gasteiger partial charge is 0.480 e. The summed E-state index contributed by atoms with van der Waals surface area (Å²) in [7, 11) is 0. The number of carbonyl (C=O) groups excluding carboxylic acids is 1. The van der Waals surface area contributed by atoms with Crippen LogP contribution in [-0.4, -0.2) is 32.2 Å². The molecule has 7 heteroatoms. The van der Waals surface area contributed by atoms with Crippen molar-refractivity contribution in [2.45, 2.75) is 13.0 Å². The molecule has 1 aromatic rings. The van der Waals surface area contributed by atoms with Gasteiger partial charge in [0.25, 0.3) is 5.91 Å². The van der Waals surface area contributed by atoms with Crippen molar-refractivity contribution in [3.05, 3.63) is 39.8 Å². The van der Waals surface area contributed by atoms with E-state index in [1.807, 2.05) is 0 Å². The number of hydrogen-bond acceptors (Lipinski definition) is 4. The Labute approximate surface area is 130 Å². The molecule has 0 bridgehead atoms. The van der Waals surface area contributed by atoms with E-state index in [-0.39, 0.29) is 4.32 Å². The molecule has 0 unspecified atom stereocenters. The molecule has 1 atom stereocenters. The fraction of sp³-hybridized carbons (Fsp3) is 0.154. The molecule has 1 aliphatic heterocycles. The second kappa shape index (κ2) is 5.95. The van der Waals surface area contributed by atoms with Crippen molar-refractivity contribution in [1.29, 1.82) is 0 Å². The van der Waals surface area contributed by atoms with Gasteiger partial charge >= 0.3 is 5.97 Å². The molecule has 20 heavy (non-hydrogen) atoms. The third-order valence-electron chi connectivity index (χ3n) is 2.76. The van der Waals surface area contributed by atoms with E-state index in [2.05, 4.69) is 0 Å². The van der Waals surface area contributed by atoms with E-state index >= 15 is 0 Å². The summed E-state index contributed by atoms with van der Waals surface area (Å²) >= 11 is 12.2. The van der Waals surface area contributed by atoms with Crippen molar-refractivity contribution in [3.63, 3.8) is 0 Å². The first-order chi connectivity index (χ1) is 9.41. The van der Waals surface area contributed by atoms with Crippen molar-refractivity contribution >= 4 is 57.9 Å². The van der Waals surface area contributed by atoms with Gasteiger partial charge in [-0.3, -0.25) is 9.69 Å². The maximum absolute atomic E-state index is 12.2. The Bertz CT molecular complexity index is 630. The number of aliphatic carboxylic acids is 1. The number of thiocarbonyl (C=S) groups is 1. The van der Waals surface area contributed by atoms with Crippen molar-refractivity contribution < 1.29 is 14.7 Å². The SMILES string of the molecule is C[C@@H](C(=O)O)N1C(=O)/C(=C/c2ccccc2Cl)SC1=S. The van der Waals surface area contributed by atoms with Crippen LogP contribution >= 0.6 is 35.6 Å². The summed E-state index contributed by atoms with van der Waals surface area (Å²) in [6, 6.07) is 6.10. The summed E-state index contributed by atoms with van der Waals surface area (Å²) in [5.74, 6) is -1.50. The zero-order valence-corrected chi connectivity index (χ0v) is 12.8. The van der Waals surface area contributed by atoms with Gasteiger partial charge in [-0.15, -0.1) is 0 Å². The van der Waals surface area contributed by atoms with E-state index in [9.17, 15) is 9.59 Å². The van der Waals surface area contributed by atoms with Crippen molar-refractivity contribution in [2.24, 2.45) is 0 Å². The van der Waals surface area contributed by atoms with Gasteiger partial charge < -0.3 is 5.11 Å². The average molecular weight is 328 g/mol. The van der Waals surface area contributed by atoms with E-state index in [1.54, 1.807) is 30.3 Å². The van der Waals surface area contributed by atoms with Crippen LogP contribution in [0.2, 0.25) is 5.02 Å². The van der Waals surface area contributed by atoms with E-state index in [0.29, 0.717) is 15.5 Å². The molecule has 0 aliphatic carbocycles. The zero-order chi connectivity index (χ0) is 14.9. The summed E-state index contributed by atoms with van der Waals surface area (Å²) in [6.45, 7) is 1.42. The number of carboxylic acids is 1. The summed E-state index contributed by atoms with van der Waals surface area (Å²) in [6.07, 6.45) is 1.62. The molecule has 0 aromatic heterocycles. The van der Waals surface area contributed by atoms with Crippen molar-refractivity contribution in [3.8, 4) is 0 Å². The second-order valence-corrected chi connectivity index (χ2v) is 6.17. The van der Waals surface area contributed by atoms with Crippen LogP contribution < -0.4 is 0 Å². The van der Waals surface area contributed by atoms with E-state index in [4.69, 9.17) is 28.9 Å². The Morgan fingerprint density at radius 2 is 2.15 bits per heavy atom. The molecular weight excluding hydrogens is 318 g/mol.